The lowest BCUT2D eigenvalue weighted by atomic mass is 10.1. The number of aryl methyl sites for hydroxylation is 2. The van der Waals surface area contributed by atoms with Crippen molar-refractivity contribution in [2.75, 3.05) is 22.9 Å². The quantitative estimate of drug-likeness (QED) is 0.592. The van der Waals surface area contributed by atoms with E-state index in [4.69, 9.17) is 0 Å². The van der Waals surface area contributed by atoms with Crippen LogP contribution in [0.15, 0.2) is 41.3 Å². The van der Waals surface area contributed by atoms with Gasteiger partial charge in [0, 0.05) is 17.0 Å². The number of nitrogens with zero attached hydrogens (tertiary/aromatic N) is 1. The molecule has 3 rings (SSSR count). The summed E-state index contributed by atoms with van der Waals surface area (Å²) in [5.74, 6) is 0.435. The van der Waals surface area contributed by atoms with E-state index in [1.165, 1.54) is 21.7 Å². The lowest BCUT2D eigenvalue weighted by molar-refractivity contribution is 0.102. The third-order valence-electron chi connectivity index (χ3n) is 4.36. The van der Waals surface area contributed by atoms with Gasteiger partial charge in [0.05, 0.1) is 17.7 Å². The fourth-order valence-electron chi connectivity index (χ4n) is 2.98. The van der Waals surface area contributed by atoms with Crippen molar-refractivity contribution in [2.45, 2.75) is 25.2 Å². The summed E-state index contributed by atoms with van der Waals surface area (Å²) < 4.78 is 25.0. The highest BCUT2D eigenvalue weighted by Crippen LogP contribution is 2.31. The Morgan fingerprint density at radius 1 is 1.16 bits per heavy atom. The summed E-state index contributed by atoms with van der Waals surface area (Å²) in [4.78, 5) is 13.7. The van der Waals surface area contributed by atoms with E-state index >= 15 is 0 Å². The molecule has 2 aromatic rings. The van der Waals surface area contributed by atoms with E-state index in [0.29, 0.717) is 30.0 Å². The van der Waals surface area contributed by atoms with Gasteiger partial charge in [0.2, 0.25) is 10.0 Å². The van der Waals surface area contributed by atoms with E-state index in [1.54, 1.807) is 23.9 Å². The Kier molecular flexibility index (Phi) is 4.93. The first-order chi connectivity index (χ1) is 11.8. The third-order valence-corrected chi connectivity index (χ3v) is 6.69. The SMILES string of the molecule is Cc1ccc(C)c(SCC(=O)c2ccc3c(c2)CCN3S(C)(=O)=O)c1. The summed E-state index contributed by atoms with van der Waals surface area (Å²) in [6.07, 6.45) is 1.86. The molecule has 1 aliphatic rings. The number of thioether (sulfide) groups is 1. The average Bonchev–Trinajstić information content (AvgIpc) is 2.98. The minimum atomic E-state index is -3.26. The molecule has 1 aliphatic heterocycles. The van der Waals surface area contributed by atoms with Gasteiger partial charge in [-0.15, -0.1) is 11.8 Å². The maximum absolute atomic E-state index is 12.5. The molecule has 132 valence electrons. The lowest BCUT2D eigenvalue weighted by Crippen LogP contribution is -2.27. The van der Waals surface area contributed by atoms with Gasteiger partial charge in [0.25, 0.3) is 0 Å². The van der Waals surface area contributed by atoms with Crippen LogP contribution in [0.2, 0.25) is 0 Å². The van der Waals surface area contributed by atoms with Crippen LogP contribution in [-0.4, -0.2) is 32.8 Å². The van der Waals surface area contributed by atoms with Gasteiger partial charge in [-0.3, -0.25) is 9.10 Å². The summed E-state index contributed by atoms with van der Waals surface area (Å²) in [5, 5.41) is 0. The molecule has 0 fully saturated rings. The molecule has 6 heteroatoms. The van der Waals surface area contributed by atoms with Crippen molar-refractivity contribution in [2.24, 2.45) is 0 Å². The van der Waals surface area contributed by atoms with Crippen LogP contribution in [-0.2, 0) is 16.4 Å². The lowest BCUT2D eigenvalue weighted by Gasteiger charge is -2.16. The highest BCUT2D eigenvalue weighted by molar-refractivity contribution is 8.00. The van der Waals surface area contributed by atoms with Crippen molar-refractivity contribution in [1.29, 1.82) is 0 Å². The molecule has 1 heterocycles. The van der Waals surface area contributed by atoms with Crippen LogP contribution in [0.3, 0.4) is 0 Å². The number of carbonyl (C=O) groups excluding carboxylic acids is 1. The van der Waals surface area contributed by atoms with Crippen molar-refractivity contribution in [3.63, 3.8) is 0 Å². The van der Waals surface area contributed by atoms with Gasteiger partial charge >= 0.3 is 0 Å². The summed E-state index contributed by atoms with van der Waals surface area (Å²) in [5.41, 5.74) is 4.61. The maximum atomic E-state index is 12.5. The predicted molar refractivity (Wildman–Crippen MR) is 103 cm³/mol. The normalized spacial score (nSPS) is 13.8. The number of ketones is 1. The predicted octanol–water partition coefficient (Wildman–Crippen LogP) is 3.60. The van der Waals surface area contributed by atoms with Crippen LogP contribution in [0.4, 0.5) is 5.69 Å². The van der Waals surface area contributed by atoms with Crippen LogP contribution >= 0.6 is 11.8 Å². The van der Waals surface area contributed by atoms with Crippen molar-refractivity contribution in [3.05, 3.63) is 58.7 Å². The first-order valence-electron chi connectivity index (χ1n) is 8.09. The number of carbonyl (C=O) groups is 1. The summed E-state index contributed by atoms with van der Waals surface area (Å²) >= 11 is 1.55. The Labute approximate surface area is 153 Å². The Hall–Kier alpha value is -1.79. The van der Waals surface area contributed by atoms with Gasteiger partial charge in [0.15, 0.2) is 5.78 Å². The highest BCUT2D eigenvalue weighted by atomic mass is 32.2. The molecule has 2 aromatic carbocycles. The second-order valence-corrected chi connectivity index (χ2v) is 9.33. The number of rotatable bonds is 5. The van der Waals surface area contributed by atoms with Crippen molar-refractivity contribution in [1.82, 2.24) is 0 Å². The monoisotopic (exact) mass is 375 g/mol. The smallest absolute Gasteiger partial charge is 0.232 e. The topological polar surface area (TPSA) is 54.5 Å². The number of sulfonamides is 1. The molecule has 25 heavy (non-hydrogen) atoms. The largest absolute Gasteiger partial charge is 0.293 e. The van der Waals surface area contributed by atoms with Crippen molar-refractivity contribution in [3.8, 4) is 0 Å². The van der Waals surface area contributed by atoms with E-state index < -0.39 is 10.0 Å². The van der Waals surface area contributed by atoms with E-state index in [9.17, 15) is 13.2 Å². The minimum Gasteiger partial charge on any atom is -0.293 e. The Bertz CT molecular complexity index is 936. The fourth-order valence-corrected chi connectivity index (χ4v) is 4.96. The molecule has 0 spiro atoms. The third kappa shape index (κ3) is 3.90. The molecule has 0 amide bonds. The first-order valence-corrected chi connectivity index (χ1v) is 10.9. The van der Waals surface area contributed by atoms with E-state index in [1.807, 2.05) is 19.9 Å². The zero-order valence-corrected chi connectivity index (χ0v) is 16.2. The molecule has 0 saturated carbocycles. The number of hydrogen-bond donors (Lipinski definition) is 0. The maximum Gasteiger partial charge on any atom is 0.232 e. The van der Waals surface area contributed by atoms with Crippen LogP contribution in [0.25, 0.3) is 0 Å². The molecular formula is C19H21NO3S2. The Balaban J connectivity index is 1.75. The standard InChI is InChI=1S/C19H21NO3S2/c1-13-4-5-14(2)19(10-13)24-12-18(21)16-6-7-17-15(11-16)8-9-20(17)25(3,22)23/h4-7,10-11H,8-9,12H2,1-3H3. The molecule has 0 atom stereocenters. The van der Waals surface area contributed by atoms with Crippen LogP contribution in [0.5, 0.6) is 0 Å². The molecule has 4 nitrogen and oxygen atoms in total. The van der Waals surface area contributed by atoms with E-state index in [2.05, 4.69) is 18.2 Å². The fraction of sp³-hybridized carbons (Fsp3) is 0.316. The number of hydrogen-bond acceptors (Lipinski definition) is 4. The molecule has 0 radical (unpaired) electrons. The molecule has 0 aromatic heterocycles. The highest BCUT2D eigenvalue weighted by Gasteiger charge is 2.26. The van der Waals surface area contributed by atoms with Crippen LogP contribution in [0.1, 0.15) is 27.0 Å². The average molecular weight is 376 g/mol. The zero-order chi connectivity index (χ0) is 18.2. The van der Waals surface area contributed by atoms with E-state index in [-0.39, 0.29) is 5.78 Å². The Morgan fingerprint density at radius 3 is 2.64 bits per heavy atom. The van der Waals surface area contributed by atoms with Crippen molar-refractivity contribution < 1.29 is 13.2 Å². The van der Waals surface area contributed by atoms with Gasteiger partial charge in [-0.05, 0) is 55.7 Å². The number of anilines is 1. The second-order valence-electron chi connectivity index (χ2n) is 6.41. The molecule has 0 bridgehead atoms. The van der Waals surface area contributed by atoms with Crippen LogP contribution < -0.4 is 4.31 Å². The zero-order valence-electron chi connectivity index (χ0n) is 14.6. The van der Waals surface area contributed by atoms with Gasteiger partial charge in [-0.25, -0.2) is 8.42 Å². The minimum absolute atomic E-state index is 0.0616. The molecule has 0 unspecified atom stereocenters. The van der Waals surface area contributed by atoms with Gasteiger partial charge in [-0.1, -0.05) is 17.7 Å². The molecule has 0 saturated heterocycles. The molecule has 0 N–H and O–H groups in total. The van der Waals surface area contributed by atoms with Gasteiger partial charge in [-0.2, -0.15) is 0 Å². The Morgan fingerprint density at radius 2 is 1.92 bits per heavy atom. The summed E-state index contributed by atoms with van der Waals surface area (Å²) in [7, 11) is -3.26. The van der Waals surface area contributed by atoms with Gasteiger partial charge in [0.1, 0.15) is 0 Å². The number of benzene rings is 2. The molecular weight excluding hydrogens is 354 g/mol. The van der Waals surface area contributed by atoms with Crippen LogP contribution in [0, 0.1) is 13.8 Å². The second kappa shape index (κ2) is 6.84. The summed E-state index contributed by atoms with van der Waals surface area (Å²) in [6.45, 7) is 4.53. The molecule has 0 aliphatic carbocycles. The first kappa shape index (κ1) is 18.0. The summed E-state index contributed by atoms with van der Waals surface area (Å²) in [6, 6.07) is 11.5. The van der Waals surface area contributed by atoms with E-state index in [0.717, 1.165) is 10.5 Å². The number of Topliss-reactive ketones (excluding diaryl/α,β-unsaturated/α-hetero) is 1. The number of fused-ring (bicyclic) bond motifs is 1. The van der Waals surface area contributed by atoms with Crippen molar-refractivity contribution >= 4 is 33.3 Å². The van der Waals surface area contributed by atoms with Gasteiger partial charge < -0.3 is 0 Å².